The molecule has 2 heterocycles. The van der Waals surface area contributed by atoms with Gasteiger partial charge < -0.3 is 14.2 Å². The molecule has 1 aliphatic heterocycles. The molecular weight excluding hydrogens is 404 g/mol. The van der Waals surface area contributed by atoms with Crippen molar-refractivity contribution < 1.29 is 23.8 Å². The number of amides is 1. The summed E-state index contributed by atoms with van der Waals surface area (Å²) in [5, 5.41) is 9.96. The summed E-state index contributed by atoms with van der Waals surface area (Å²) in [7, 11) is 1.34. The Morgan fingerprint density at radius 3 is 2.70 bits per heavy atom. The van der Waals surface area contributed by atoms with Crippen LogP contribution in [-0.4, -0.2) is 38.0 Å². The molecule has 8 heteroatoms. The molecule has 1 fully saturated rings. The quantitative estimate of drug-likeness (QED) is 0.698. The second kappa shape index (κ2) is 8.19. The normalized spacial score (nSPS) is 16.7. The molecule has 7 nitrogen and oxygen atoms in total. The fraction of sp³-hybridized carbons (Fsp3) is 0.409. The van der Waals surface area contributed by atoms with Gasteiger partial charge in [0.1, 0.15) is 5.00 Å². The van der Waals surface area contributed by atoms with Gasteiger partial charge >= 0.3 is 5.97 Å². The molecule has 1 aromatic heterocycles. The predicted octanol–water partition coefficient (Wildman–Crippen LogP) is 3.19. The Hall–Kier alpha value is -2.73. The molecular formula is C22H22N2O5S. The van der Waals surface area contributed by atoms with Gasteiger partial charge in [-0.1, -0.05) is 18.2 Å². The van der Waals surface area contributed by atoms with E-state index in [-0.39, 0.29) is 12.5 Å². The molecule has 1 amide bonds. The fourth-order valence-corrected chi connectivity index (χ4v) is 5.53. The number of benzene rings is 1. The van der Waals surface area contributed by atoms with Crippen LogP contribution in [0.1, 0.15) is 45.3 Å². The first-order chi connectivity index (χ1) is 14.5. The van der Waals surface area contributed by atoms with Crippen LogP contribution in [0.25, 0.3) is 0 Å². The van der Waals surface area contributed by atoms with E-state index in [1.54, 1.807) is 17.0 Å². The molecule has 1 aromatic carbocycles. The summed E-state index contributed by atoms with van der Waals surface area (Å²) in [6.07, 6.45) is 1.80. The molecule has 2 aromatic rings. The van der Waals surface area contributed by atoms with E-state index in [9.17, 15) is 14.9 Å². The van der Waals surface area contributed by atoms with E-state index in [2.05, 4.69) is 6.07 Å². The zero-order chi connectivity index (χ0) is 21.3. The summed E-state index contributed by atoms with van der Waals surface area (Å²) in [6, 6.07) is 9.30. The van der Waals surface area contributed by atoms with Crippen molar-refractivity contribution in [2.45, 2.75) is 38.5 Å². The first-order valence-corrected chi connectivity index (χ1v) is 10.6. The number of carbonyl (C=O) groups is 2. The Labute approximate surface area is 178 Å². The van der Waals surface area contributed by atoms with Gasteiger partial charge in [0.25, 0.3) is 0 Å². The summed E-state index contributed by atoms with van der Waals surface area (Å²) >= 11 is 1.40. The van der Waals surface area contributed by atoms with Crippen LogP contribution in [0.2, 0.25) is 0 Å². The molecule has 1 spiro atoms. The van der Waals surface area contributed by atoms with Gasteiger partial charge in [-0.2, -0.15) is 5.26 Å². The van der Waals surface area contributed by atoms with Crippen LogP contribution in [0.4, 0.5) is 5.00 Å². The van der Waals surface area contributed by atoms with Crippen molar-refractivity contribution in [1.82, 2.24) is 0 Å². The van der Waals surface area contributed by atoms with Crippen LogP contribution >= 0.6 is 11.3 Å². The number of hydrogen-bond acceptors (Lipinski definition) is 7. The molecule has 0 radical (unpaired) electrons. The molecule has 0 N–H and O–H groups in total. The maximum absolute atomic E-state index is 12.7. The maximum atomic E-state index is 12.7. The van der Waals surface area contributed by atoms with Crippen molar-refractivity contribution in [2.75, 3.05) is 25.2 Å². The summed E-state index contributed by atoms with van der Waals surface area (Å²) in [5.41, 5.74) is 2.54. The summed E-state index contributed by atoms with van der Waals surface area (Å²) in [4.78, 5) is 27.9. The molecule has 0 atom stereocenters. The monoisotopic (exact) mass is 426 g/mol. The number of nitriles is 1. The lowest BCUT2D eigenvalue weighted by atomic mass is 9.90. The number of esters is 1. The predicted molar refractivity (Wildman–Crippen MR) is 110 cm³/mol. The average molecular weight is 426 g/mol. The Morgan fingerprint density at radius 2 is 2.03 bits per heavy atom. The first kappa shape index (κ1) is 20.5. The topological polar surface area (TPSA) is 88.9 Å². The van der Waals surface area contributed by atoms with Crippen molar-refractivity contribution in [1.29, 1.82) is 5.26 Å². The number of fused-ring (bicyclic) bond motifs is 1. The molecule has 30 heavy (non-hydrogen) atoms. The molecule has 0 saturated carbocycles. The molecule has 2 aliphatic rings. The smallest absolute Gasteiger partial charge is 0.341 e. The van der Waals surface area contributed by atoms with E-state index < -0.39 is 11.8 Å². The molecule has 1 aliphatic carbocycles. The van der Waals surface area contributed by atoms with Gasteiger partial charge in [0.2, 0.25) is 5.91 Å². The van der Waals surface area contributed by atoms with E-state index in [1.165, 1.54) is 25.4 Å². The highest BCUT2D eigenvalue weighted by atomic mass is 32.1. The largest absolute Gasteiger partial charge is 0.465 e. The van der Waals surface area contributed by atoms with Gasteiger partial charge in [-0.15, -0.1) is 11.3 Å². The molecule has 4 rings (SSSR count). The SMILES string of the molecule is COC(=O)c1c(N(Cc2ccccc2C#N)C(C)=O)sc2c1CCC1(C2)OCCO1. The van der Waals surface area contributed by atoms with Crippen LogP contribution < -0.4 is 4.90 Å². The summed E-state index contributed by atoms with van der Waals surface area (Å²) in [6.45, 7) is 2.77. The third-order valence-electron chi connectivity index (χ3n) is 5.55. The Balaban J connectivity index is 1.77. The Kier molecular flexibility index (Phi) is 5.60. The minimum Gasteiger partial charge on any atom is -0.465 e. The van der Waals surface area contributed by atoms with Crippen molar-refractivity contribution in [3.05, 3.63) is 51.4 Å². The number of thiophene rings is 1. The highest BCUT2D eigenvalue weighted by molar-refractivity contribution is 7.17. The minimum atomic E-state index is -0.642. The van der Waals surface area contributed by atoms with Crippen LogP contribution in [0.5, 0.6) is 0 Å². The summed E-state index contributed by atoms with van der Waals surface area (Å²) in [5.74, 6) is -1.32. The van der Waals surface area contributed by atoms with Gasteiger partial charge in [-0.05, 0) is 23.6 Å². The first-order valence-electron chi connectivity index (χ1n) is 9.75. The van der Waals surface area contributed by atoms with E-state index in [0.717, 1.165) is 16.0 Å². The van der Waals surface area contributed by atoms with Crippen LogP contribution in [0, 0.1) is 11.3 Å². The molecule has 0 unspecified atom stereocenters. The van der Waals surface area contributed by atoms with E-state index >= 15 is 0 Å². The highest BCUT2D eigenvalue weighted by Gasteiger charge is 2.43. The van der Waals surface area contributed by atoms with Crippen LogP contribution in [-0.2, 0) is 38.4 Å². The standard InChI is InChI=1S/C22H22N2O5S/c1-14(25)24(13-16-6-4-3-5-15(16)12-23)20-19(21(26)27-2)17-7-8-22(11-18(17)30-20)28-9-10-29-22/h3-6H,7-11,13H2,1-2H3. The zero-order valence-electron chi connectivity index (χ0n) is 16.9. The number of carbonyl (C=O) groups excluding carboxylic acids is 2. The molecule has 1 saturated heterocycles. The molecule has 156 valence electrons. The van der Waals surface area contributed by atoms with Crippen molar-refractivity contribution in [3.63, 3.8) is 0 Å². The maximum Gasteiger partial charge on any atom is 0.341 e. The van der Waals surface area contributed by atoms with Gasteiger partial charge in [0.05, 0.1) is 44.1 Å². The average Bonchev–Trinajstić information content (AvgIpc) is 3.35. The summed E-state index contributed by atoms with van der Waals surface area (Å²) < 4.78 is 16.8. The van der Waals surface area contributed by atoms with E-state index in [1.807, 2.05) is 12.1 Å². The number of anilines is 1. The number of nitrogens with zero attached hydrogens (tertiary/aromatic N) is 2. The third-order valence-corrected chi connectivity index (χ3v) is 6.81. The van der Waals surface area contributed by atoms with Crippen LogP contribution in [0.15, 0.2) is 24.3 Å². The zero-order valence-corrected chi connectivity index (χ0v) is 17.7. The van der Waals surface area contributed by atoms with Gasteiger partial charge in [0, 0.05) is 24.6 Å². The van der Waals surface area contributed by atoms with Gasteiger partial charge in [0.15, 0.2) is 5.79 Å². The number of rotatable bonds is 4. The van der Waals surface area contributed by atoms with Gasteiger partial charge in [-0.3, -0.25) is 9.69 Å². The second-order valence-corrected chi connectivity index (χ2v) is 8.42. The highest BCUT2D eigenvalue weighted by Crippen LogP contribution is 2.45. The van der Waals surface area contributed by atoms with E-state index in [0.29, 0.717) is 48.6 Å². The fourth-order valence-electron chi connectivity index (χ4n) is 4.06. The lowest BCUT2D eigenvalue weighted by molar-refractivity contribution is -0.163. The number of ether oxygens (including phenoxy) is 3. The third kappa shape index (κ3) is 3.60. The number of hydrogen-bond donors (Lipinski definition) is 0. The minimum absolute atomic E-state index is 0.195. The molecule has 0 bridgehead atoms. The lowest BCUT2D eigenvalue weighted by Crippen LogP contribution is -2.36. The van der Waals surface area contributed by atoms with Crippen molar-refractivity contribution in [3.8, 4) is 6.07 Å². The van der Waals surface area contributed by atoms with E-state index in [4.69, 9.17) is 14.2 Å². The second-order valence-electron chi connectivity index (χ2n) is 7.33. The van der Waals surface area contributed by atoms with Gasteiger partial charge in [-0.25, -0.2) is 4.79 Å². The Morgan fingerprint density at radius 1 is 1.30 bits per heavy atom. The van der Waals surface area contributed by atoms with Crippen molar-refractivity contribution in [2.24, 2.45) is 0 Å². The Bertz CT molecular complexity index is 1030. The van der Waals surface area contributed by atoms with Crippen molar-refractivity contribution >= 4 is 28.2 Å². The van der Waals surface area contributed by atoms with Crippen LogP contribution in [0.3, 0.4) is 0 Å². The number of methoxy groups -OCH3 is 1. The lowest BCUT2D eigenvalue weighted by Gasteiger charge is -2.31.